The molecule has 0 spiro atoms. The van der Waals surface area contributed by atoms with Crippen LogP contribution in [-0.2, 0) is 6.42 Å². The molecule has 2 aromatic heterocycles. The van der Waals surface area contributed by atoms with Crippen molar-refractivity contribution in [1.29, 1.82) is 0 Å². The molecule has 0 aliphatic carbocycles. The maximum absolute atomic E-state index is 12.4. The van der Waals surface area contributed by atoms with Crippen LogP contribution < -0.4 is 0 Å². The van der Waals surface area contributed by atoms with E-state index in [0.29, 0.717) is 23.5 Å². The Labute approximate surface area is 130 Å². The van der Waals surface area contributed by atoms with Crippen LogP contribution in [-0.4, -0.2) is 33.4 Å². The van der Waals surface area contributed by atoms with E-state index in [2.05, 4.69) is 21.8 Å². The Morgan fingerprint density at radius 3 is 2.68 bits per heavy atom. The highest BCUT2D eigenvalue weighted by Crippen LogP contribution is 2.19. The average Bonchev–Trinajstić information content (AvgIpc) is 2.54. The predicted octanol–water partition coefficient (Wildman–Crippen LogP) is 2.28. The molecule has 3 rings (SSSR count). The van der Waals surface area contributed by atoms with Crippen molar-refractivity contribution >= 4 is 5.91 Å². The fourth-order valence-corrected chi connectivity index (χ4v) is 2.50. The van der Waals surface area contributed by atoms with Gasteiger partial charge in [-0.25, -0.2) is 9.97 Å². The molecular formula is C18H17N3O. The number of pyridine rings is 2. The Morgan fingerprint density at radius 2 is 1.95 bits per heavy atom. The second-order valence-corrected chi connectivity index (χ2v) is 5.50. The molecule has 0 unspecified atom stereocenters. The number of aromatic nitrogens is 2. The van der Waals surface area contributed by atoms with Crippen LogP contribution in [0.4, 0.5) is 0 Å². The van der Waals surface area contributed by atoms with Crippen molar-refractivity contribution in [1.82, 2.24) is 14.9 Å². The van der Waals surface area contributed by atoms with Gasteiger partial charge in [0.2, 0.25) is 0 Å². The van der Waals surface area contributed by atoms with Crippen LogP contribution in [0.3, 0.4) is 0 Å². The molecule has 4 nitrogen and oxygen atoms in total. The summed E-state index contributed by atoms with van der Waals surface area (Å²) in [5.74, 6) is 6.06. The van der Waals surface area contributed by atoms with Crippen molar-refractivity contribution in [2.45, 2.75) is 26.3 Å². The summed E-state index contributed by atoms with van der Waals surface area (Å²) in [6.07, 6.45) is 2.49. The minimum atomic E-state index is 0.0629. The van der Waals surface area contributed by atoms with Gasteiger partial charge < -0.3 is 4.90 Å². The average molecular weight is 291 g/mol. The second-order valence-electron chi connectivity index (χ2n) is 5.50. The van der Waals surface area contributed by atoms with Gasteiger partial charge in [0.05, 0.1) is 11.3 Å². The highest BCUT2D eigenvalue weighted by Gasteiger charge is 2.26. The molecule has 0 saturated carbocycles. The summed E-state index contributed by atoms with van der Waals surface area (Å²) < 4.78 is 0. The third kappa shape index (κ3) is 2.84. The molecule has 4 heteroatoms. The van der Waals surface area contributed by atoms with Gasteiger partial charge in [0.1, 0.15) is 11.4 Å². The molecule has 3 heterocycles. The van der Waals surface area contributed by atoms with Gasteiger partial charge in [-0.3, -0.25) is 4.79 Å². The number of amides is 1. The predicted molar refractivity (Wildman–Crippen MR) is 84.3 cm³/mol. The first-order valence-corrected chi connectivity index (χ1v) is 7.39. The number of rotatable bonds is 1. The van der Waals surface area contributed by atoms with Gasteiger partial charge in [-0.15, -0.1) is 0 Å². The molecular weight excluding hydrogens is 274 g/mol. The first-order chi connectivity index (χ1) is 10.6. The maximum Gasteiger partial charge on any atom is 0.255 e. The Hall–Kier alpha value is -2.67. The Balaban J connectivity index is 1.87. The van der Waals surface area contributed by atoms with Gasteiger partial charge in [-0.1, -0.05) is 6.07 Å². The van der Waals surface area contributed by atoms with E-state index in [1.54, 1.807) is 12.3 Å². The number of hydrogen-bond acceptors (Lipinski definition) is 3. The lowest BCUT2D eigenvalue weighted by molar-refractivity contribution is 0.0686. The van der Waals surface area contributed by atoms with E-state index in [-0.39, 0.29) is 11.9 Å². The van der Waals surface area contributed by atoms with Crippen LogP contribution in [0.5, 0.6) is 0 Å². The van der Waals surface area contributed by atoms with Gasteiger partial charge in [0.15, 0.2) is 0 Å². The quantitative estimate of drug-likeness (QED) is 0.757. The van der Waals surface area contributed by atoms with Crippen molar-refractivity contribution in [2.75, 3.05) is 6.54 Å². The maximum atomic E-state index is 12.4. The van der Waals surface area contributed by atoms with Gasteiger partial charge in [0, 0.05) is 25.2 Å². The van der Waals surface area contributed by atoms with E-state index in [4.69, 9.17) is 0 Å². The van der Waals surface area contributed by atoms with Gasteiger partial charge in [-0.2, -0.15) is 0 Å². The molecule has 22 heavy (non-hydrogen) atoms. The van der Waals surface area contributed by atoms with E-state index in [9.17, 15) is 4.79 Å². The van der Waals surface area contributed by atoms with Gasteiger partial charge in [-0.05, 0) is 50.0 Å². The minimum absolute atomic E-state index is 0.0629. The molecule has 0 atom stereocenters. The molecule has 1 aliphatic rings. The normalized spacial score (nSPS) is 13.6. The molecule has 2 aromatic rings. The van der Waals surface area contributed by atoms with Crippen LogP contribution in [0, 0.1) is 11.8 Å². The molecule has 0 fully saturated rings. The highest BCUT2D eigenvalue weighted by molar-refractivity contribution is 5.96. The van der Waals surface area contributed by atoms with Crippen LogP contribution >= 0.6 is 0 Å². The summed E-state index contributed by atoms with van der Waals surface area (Å²) in [4.78, 5) is 23.0. The lowest BCUT2D eigenvalue weighted by Crippen LogP contribution is -2.42. The van der Waals surface area contributed by atoms with Crippen LogP contribution in [0.2, 0.25) is 0 Å². The fourth-order valence-electron chi connectivity index (χ4n) is 2.50. The largest absolute Gasteiger partial charge is 0.336 e. The van der Waals surface area contributed by atoms with Gasteiger partial charge in [0.25, 0.3) is 5.91 Å². The number of fused-ring (bicyclic) bond motifs is 1. The lowest BCUT2D eigenvalue weighted by Gasteiger charge is -2.31. The molecule has 0 N–H and O–H groups in total. The van der Waals surface area contributed by atoms with Crippen molar-refractivity contribution < 1.29 is 4.79 Å². The molecule has 1 amide bonds. The zero-order valence-corrected chi connectivity index (χ0v) is 12.7. The zero-order chi connectivity index (χ0) is 15.5. The monoisotopic (exact) mass is 291 g/mol. The number of carbonyl (C=O) groups is 1. The topological polar surface area (TPSA) is 46.1 Å². The summed E-state index contributed by atoms with van der Waals surface area (Å²) in [7, 11) is 0. The number of carbonyl (C=O) groups excluding carboxylic acids is 1. The third-order valence-corrected chi connectivity index (χ3v) is 3.66. The number of hydrogen-bond donors (Lipinski definition) is 0. The summed E-state index contributed by atoms with van der Waals surface area (Å²) in [5, 5.41) is 0. The minimum Gasteiger partial charge on any atom is -0.336 e. The molecule has 110 valence electrons. The molecule has 0 aromatic carbocycles. The van der Waals surface area contributed by atoms with Crippen molar-refractivity contribution in [2.24, 2.45) is 0 Å². The zero-order valence-electron chi connectivity index (χ0n) is 12.7. The summed E-state index contributed by atoms with van der Waals surface area (Å²) in [5.41, 5.74) is 2.93. The van der Waals surface area contributed by atoms with Crippen LogP contribution in [0.25, 0.3) is 0 Å². The van der Waals surface area contributed by atoms with E-state index in [0.717, 1.165) is 12.1 Å². The summed E-state index contributed by atoms with van der Waals surface area (Å²) >= 11 is 0. The van der Waals surface area contributed by atoms with E-state index in [1.165, 1.54) is 0 Å². The third-order valence-electron chi connectivity index (χ3n) is 3.66. The smallest absolute Gasteiger partial charge is 0.255 e. The first-order valence-electron chi connectivity index (χ1n) is 7.39. The van der Waals surface area contributed by atoms with E-state index < -0.39 is 0 Å². The molecule has 0 radical (unpaired) electrons. The van der Waals surface area contributed by atoms with Crippen LogP contribution in [0.15, 0.2) is 36.5 Å². The molecule has 1 aliphatic heterocycles. The summed E-state index contributed by atoms with van der Waals surface area (Å²) in [6, 6.07) is 9.46. The highest BCUT2D eigenvalue weighted by atomic mass is 16.2. The van der Waals surface area contributed by atoms with Crippen molar-refractivity contribution in [3.63, 3.8) is 0 Å². The second kappa shape index (κ2) is 5.98. The van der Waals surface area contributed by atoms with E-state index in [1.807, 2.05) is 43.0 Å². The standard InChI is InChI=1S/C18H17N3O/c1-13(2)21-12-10-17-16(18(21)22)9-8-15(20-17)7-6-14-5-3-4-11-19-14/h3-5,8-9,11,13H,10,12H2,1-2H3. The Kier molecular flexibility index (Phi) is 3.88. The molecule has 0 bridgehead atoms. The van der Waals surface area contributed by atoms with Gasteiger partial charge >= 0.3 is 0 Å². The SMILES string of the molecule is CC(C)N1CCc2nc(C#Cc3ccccn3)ccc2C1=O. The Morgan fingerprint density at radius 1 is 1.14 bits per heavy atom. The summed E-state index contributed by atoms with van der Waals surface area (Å²) in [6.45, 7) is 4.78. The molecule has 0 saturated heterocycles. The van der Waals surface area contributed by atoms with Crippen LogP contribution in [0.1, 0.15) is 41.3 Å². The first kappa shape index (κ1) is 14.3. The Bertz CT molecular complexity index is 757. The van der Waals surface area contributed by atoms with Crippen molar-refractivity contribution in [3.05, 3.63) is 59.2 Å². The fraction of sp³-hybridized carbons (Fsp3) is 0.278. The number of nitrogens with zero attached hydrogens (tertiary/aromatic N) is 3. The van der Waals surface area contributed by atoms with E-state index >= 15 is 0 Å². The lowest BCUT2D eigenvalue weighted by atomic mass is 10.0. The van der Waals surface area contributed by atoms with Crippen molar-refractivity contribution in [3.8, 4) is 11.8 Å².